The van der Waals surface area contributed by atoms with Crippen LogP contribution >= 0.6 is 0 Å². The molecule has 0 radical (unpaired) electrons. The fraction of sp³-hybridized carbons (Fsp3) is 0.692. The smallest absolute Gasteiger partial charge is 0.222 e. The second kappa shape index (κ2) is 4.72. The average molecular weight is 247 g/mol. The maximum absolute atomic E-state index is 5.85. The van der Waals surface area contributed by atoms with Crippen LogP contribution < -0.4 is 16.0 Å². The fourth-order valence-electron chi connectivity index (χ4n) is 2.91. The monoisotopic (exact) mass is 247 g/mol. The number of hydrogen-bond donors (Lipinski definition) is 2. The topological polar surface area (TPSA) is 67.1 Å². The molecular formula is C13H21N5. The van der Waals surface area contributed by atoms with Crippen molar-refractivity contribution in [2.75, 3.05) is 30.8 Å². The van der Waals surface area contributed by atoms with Crippen molar-refractivity contribution in [1.82, 2.24) is 15.3 Å². The lowest BCUT2D eigenvalue weighted by Gasteiger charge is -2.40. The van der Waals surface area contributed by atoms with Crippen LogP contribution in [0.1, 0.15) is 37.3 Å². The normalized spacial score (nSPS) is 21.3. The minimum Gasteiger partial charge on any atom is -0.368 e. The van der Waals surface area contributed by atoms with Crippen molar-refractivity contribution in [3.05, 3.63) is 11.8 Å². The van der Waals surface area contributed by atoms with E-state index in [1.165, 1.54) is 25.7 Å². The van der Waals surface area contributed by atoms with Gasteiger partial charge in [-0.1, -0.05) is 12.8 Å². The van der Waals surface area contributed by atoms with Gasteiger partial charge in [-0.25, -0.2) is 4.98 Å². The molecule has 18 heavy (non-hydrogen) atoms. The van der Waals surface area contributed by atoms with E-state index in [0.29, 0.717) is 17.9 Å². The molecule has 2 aliphatic rings. The first-order chi connectivity index (χ1) is 8.76. The van der Waals surface area contributed by atoms with Crippen LogP contribution in [-0.2, 0) is 0 Å². The molecule has 0 unspecified atom stereocenters. The Hall–Kier alpha value is -1.36. The second-order valence-corrected chi connectivity index (χ2v) is 5.38. The summed E-state index contributed by atoms with van der Waals surface area (Å²) in [5.41, 5.74) is 6.99. The van der Waals surface area contributed by atoms with Gasteiger partial charge < -0.3 is 16.0 Å². The van der Waals surface area contributed by atoms with Gasteiger partial charge in [0.1, 0.15) is 5.82 Å². The first kappa shape index (κ1) is 11.7. The van der Waals surface area contributed by atoms with Crippen LogP contribution in [0.15, 0.2) is 6.07 Å². The number of likely N-dealkylation sites (N-methyl/N-ethyl adjacent to an activating group) is 1. The van der Waals surface area contributed by atoms with E-state index in [2.05, 4.69) is 26.3 Å². The van der Waals surface area contributed by atoms with Crippen molar-refractivity contribution >= 4 is 11.8 Å². The quantitative estimate of drug-likeness (QED) is 0.838. The van der Waals surface area contributed by atoms with E-state index in [9.17, 15) is 0 Å². The van der Waals surface area contributed by atoms with Gasteiger partial charge >= 0.3 is 0 Å². The third-order valence-electron chi connectivity index (χ3n) is 4.14. The van der Waals surface area contributed by atoms with Crippen LogP contribution in [0.5, 0.6) is 0 Å². The van der Waals surface area contributed by atoms with E-state index in [-0.39, 0.29) is 0 Å². The first-order valence-electron chi connectivity index (χ1n) is 6.83. The highest BCUT2D eigenvalue weighted by Crippen LogP contribution is 2.34. The van der Waals surface area contributed by atoms with Gasteiger partial charge in [0.25, 0.3) is 0 Å². The van der Waals surface area contributed by atoms with Crippen molar-refractivity contribution in [3.8, 4) is 0 Å². The zero-order valence-electron chi connectivity index (χ0n) is 10.9. The molecule has 3 rings (SSSR count). The standard InChI is InChI=1S/C13H21N5/c1-15-10-7-18(8-10)12-6-11(16-13(14)17-12)9-4-2-3-5-9/h6,9-10,15H,2-5,7-8H2,1H3,(H2,14,16,17). The van der Waals surface area contributed by atoms with Crippen LogP contribution in [0.3, 0.4) is 0 Å². The lowest BCUT2D eigenvalue weighted by molar-refractivity contribution is 0.446. The minimum absolute atomic E-state index is 0.419. The summed E-state index contributed by atoms with van der Waals surface area (Å²) < 4.78 is 0. The molecule has 5 nitrogen and oxygen atoms in total. The second-order valence-electron chi connectivity index (χ2n) is 5.38. The summed E-state index contributed by atoms with van der Waals surface area (Å²) in [6.07, 6.45) is 5.12. The van der Waals surface area contributed by atoms with Crippen LogP contribution in [0.4, 0.5) is 11.8 Å². The van der Waals surface area contributed by atoms with E-state index < -0.39 is 0 Å². The molecule has 1 saturated heterocycles. The Bertz CT molecular complexity index is 421. The molecular weight excluding hydrogens is 226 g/mol. The highest BCUT2D eigenvalue weighted by molar-refractivity contribution is 5.47. The largest absolute Gasteiger partial charge is 0.368 e. The van der Waals surface area contributed by atoms with Gasteiger partial charge in [-0.2, -0.15) is 4.98 Å². The van der Waals surface area contributed by atoms with Crippen LogP contribution in [-0.4, -0.2) is 36.1 Å². The average Bonchev–Trinajstić information content (AvgIpc) is 2.80. The van der Waals surface area contributed by atoms with Crippen molar-refractivity contribution in [2.24, 2.45) is 0 Å². The number of nitrogens with two attached hydrogens (primary N) is 1. The molecule has 1 aliphatic carbocycles. The zero-order chi connectivity index (χ0) is 12.5. The number of rotatable bonds is 3. The Labute approximate surface area is 108 Å². The van der Waals surface area contributed by atoms with Gasteiger partial charge in [-0.3, -0.25) is 0 Å². The van der Waals surface area contributed by atoms with Gasteiger partial charge in [0.05, 0.1) is 5.69 Å². The van der Waals surface area contributed by atoms with E-state index in [1.807, 2.05) is 7.05 Å². The van der Waals surface area contributed by atoms with E-state index in [0.717, 1.165) is 24.6 Å². The summed E-state index contributed by atoms with van der Waals surface area (Å²) >= 11 is 0. The fourth-order valence-corrected chi connectivity index (χ4v) is 2.91. The van der Waals surface area contributed by atoms with Gasteiger partial charge in [0.2, 0.25) is 5.95 Å². The molecule has 0 atom stereocenters. The molecule has 1 aromatic heterocycles. The van der Waals surface area contributed by atoms with Crippen LogP contribution in [0.25, 0.3) is 0 Å². The number of aromatic nitrogens is 2. The summed E-state index contributed by atoms with van der Waals surface area (Å²) in [4.78, 5) is 11.0. The molecule has 0 aromatic carbocycles. The molecule has 1 aliphatic heterocycles. The predicted molar refractivity (Wildman–Crippen MR) is 72.7 cm³/mol. The third kappa shape index (κ3) is 2.14. The number of nitrogen functional groups attached to an aromatic ring is 1. The number of nitrogens with zero attached hydrogens (tertiary/aromatic N) is 3. The molecule has 0 bridgehead atoms. The maximum atomic E-state index is 5.85. The van der Waals surface area contributed by atoms with E-state index in [1.54, 1.807) is 0 Å². The van der Waals surface area contributed by atoms with Gasteiger partial charge in [0.15, 0.2) is 0 Å². The summed E-state index contributed by atoms with van der Waals surface area (Å²) in [5.74, 6) is 2.01. The van der Waals surface area contributed by atoms with Crippen molar-refractivity contribution in [1.29, 1.82) is 0 Å². The zero-order valence-corrected chi connectivity index (χ0v) is 10.9. The predicted octanol–water partition coefficient (Wildman–Crippen LogP) is 1.12. The number of nitrogens with one attached hydrogen (secondary N) is 1. The van der Waals surface area contributed by atoms with Crippen LogP contribution in [0, 0.1) is 0 Å². The Morgan fingerprint density at radius 3 is 2.67 bits per heavy atom. The summed E-state index contributed by atoms with van der Waals surface area (Å²) in [5, 5.41) is 3.27. The SMILES string of the molecule is CNC1CN(c2cc(C3CCCC3)nc(N)n2)C1. The van der Waals surface area contributed by atoms with Gasteiger partial charge in [0, 0.05) is 31.1 Å². The molecule has 2 fully saturated rings. The molecule has 0 amide bonds. The molecule has 2 heterocycles. The Morgan fingerprint density at radius 1 is 1.28 bits per heavy atom. The Balaban J connectivity index is 1.78. The van der Waals surface area contributed by atoms with E-state index in [4.69, 9.17) is 5.73 Å². The van der Waals surface area contributed by atoms with Gasteiger partial charge in [-0.15, -0.1) is 0 Å². The van der Waals surface area contributed by atoms with Crippen molar-refractivity contribution in [2.45, 2.75) is 37.6 Å². The lowest BCUT2D eigenvalue weighted by Crippen LogP contribution is -2.57. The summed E-state index contributed by atoms with van der Waals surface area (Å²) in [6.45, 7) is 2.02. The highest BCUT2D eigenvalue weighted by Gasteiger charge is 2.28. The van der Waals surface area contributed by atoms with Gasteiger partial charge in [-0.05, 0) is 19.9 Å². The lowest BCUT2D eigenvalue weighted by atomic mass is 10.0. The molecule has 3 N–H and O–H groups in total. The summed E-state index contributed by atoms with van der Waals surface area (Å²) in [6, 6.07) is 2.72. The molecule has 1 saturated carbocycles. The highest BCUT2D eigenvalue weighted by atomic mass is 15.3. The number of hydrogen-bond acceptors (Lipinski definition) is 5. The Kier molecular flexibility index (Phi) is 3.07. The third-order valence-corrected chi connectivity index (χ3v) is 4.14. The molecule has 0 spiro atoms. The molecule has 5 heteroatoms. The van der Waals surface area contributed by atoms with E-state index >= 15 is 0 Å². The summed E-state index contributed by atoms with van der Waals surface area (Å²) in [7, 11) is 2.00. The van der Waals surface area contributed by atoms with Crippen molar-refractivity contribution in [3.63, 3.8) is 0 Å². The molecule has 1 aromatic rings. The Morgan fingerprint density at radius 2 is 2.00 bits per heavy atom. The van der Waals surface area contributed by atoms with Crippen LogP contribution in [0.2, 0.25) is 0 Å². The first-order valence-corrected chi connectivity index (χ1v) is 6.83. The van der Waals surface area contributed by atoms with Crippen molar-refractivity contribution < 1.29 is 0 Å². The minimum atomic E-state index is 0.419. The molecule has 98 valence electrons. The number of anilines is 2. The maximum Gasteiger partial charge on any atom is 0.222 e.